The van der Waals surface area contributed by atoms with Crippen molar-refractivity contribution >= 4 is 23.2 Å². The highest BCUT2D eigenvalue weighted by atomic mass is 16.5. The Morgan fingerprint density at radius 1 is 1.61 bits per heavy atom. The van der Waals surface area contributed by atoms with E-state index in [9.17, 15) is 9.90 Å². The zero-order chi connectivity index (χ0) is 16.6. The van der Waals surface area contributed by atoms with Gasteiger partial charge in [0.05, 0.1) is 30.9 Å². The van der Waals surface area contributed by atoms with Crippen LogP contribution in [-0.4, -0.2) is 68.9 Å². The van der Waals surface area contributed by atoms with Gasteiger partial charge in [-0.05, 0) is 0 Å². The molecule has 0 saturated carbocycles. The maximum Gasteiger partial charge on any atom is 0.275 e. The fourth-order valence-electron chi connectivity index (χ4n) is 2.57. The topological polar surface area (TPSA) is 116 Å². The summed E-state index contributed by atoms with van der Waals surface area (Å²) in [5.74, 6) is 0.405. The summed E-state index contributed by atoms with van der Waals surface area (Å²) in [5.41, 5.74) is 0.506. The van der Waals surface area contributed by atoms with E-state index in [0.717, 1.165) is 0 Å². The van der Waals surface area contributed by atoms with Crippen LogP contribution in [0.2, 0.25) is 0 Å². The molecule has 3 heterocycles. The van der Waals surface area contributed by atoms with Gasteiger partial charge in [-0.15, -0.1) is 0 Å². The predicted octanol–water partition coefficient (Wildman–Crippen LogP) is -0.413. The van der Waals surface area contributed by atoms with Gasteiger partial charge in [-0.2, -0.15) is 0 Å². The number of aromatic nitrogens is 3. The molecule has 0 aliphatic carbocycles. The Morgan fingerprint density at radius 2 is 2.39 bits per heavy atom. The largest absolute Gasteiger partial charge is 0.394 e. The van der Waals surface area contributed by atoms with Gasteiger partial charge < -0.3 is 24.8 Å². The molecule has 0 unspecified atom stereocenters. The summed E-state index contributed by atoms with van der Waals surface area (Å²) in [6.45, 7) is -0.274. The van der Waals surface area contributed by atoms with Gasteiger partial charge in [-0.1, -0.05) is 0 Å². The maximum absolute atomic E-state index is 12.3. The number of hydrogen-bond donors (Lipinski definition) is 3. The molecule has 9 nitrogen and oxygen atoms in total. The number of pyridine rings is 1. The van der Waals surface area contributed by atoms with Crippen molar-refractivity contribution in [1.82, 2.24) is 19.4 Å². The van der Waals surface area contributed by atoms with Crippen LogP contribution in [-0.2, 0) is 4.74 Å². The summed E-state index contributed by atoms with van der Waals surface area (Å²) in [7, 11) is 3.66. The molecule has 23 heavy (non-hydrogen) atoms. The average Bonchev–Trinajstić information content (AvgIpc) is 3.08. The van der Waals surface area contributed by atoms with Gasteiger partial charge in [0.15, 0.2) is 0 Å². The summed E-state index contributed by atoms with van der Waals surface area (Å²) >= 11 is 0. The van der Waals surface area contributed by atoms with Gasteiger partial charge in [-0.25, -0.2) is 9.98 Å². The van der Waals surface area contributed by atoms with Crippen molar-refractivity contribution in [3.63, 3.8) is 0 Å². The van der Waals surface area contributed by atoms with Gasteiger partial charge in [0.25, 0.3) is 5.56 Å². The second kappa shape index (κ2) is 6.11. The third kappa shape index (κ3) is 2.98. The molecule has 1 aliphatic heterocycles. The van der Waals surface area contributed by atoms with Crippen LogP contribution >= 0.6 is 0 Å². The molecule has 124 valence electrons. The normalized spacial score (nSPS) is 24.8. The molecule has 2 aromatic heterocycles. The molecule has 0 amide bonds. The third-order valence-corrected chi connectivity index (χ3v) is 3.67. The van der Waals surface area contributed by atoms with Crippen LogP contribution in [0.3, 0.4) is 0 Å². The Morgan fingerprint density at radius 3 is 3.04 bits per heavy atom. The number of aliphatic hydroxyl groups is 2. The van der Waals surface area contributed by atoms with E-state index in [1.165, 1.54) is 6.33 Å². The lowest BCUT2D eigenvalue weighted by molar-refractivity contribution is -0.0431. The molecule has 1 aliphatic rings. The maximum atomic E-state index is 12.3. The summed E-state index contributed by atoms with van der Waals surface area (Å²) in [4.78, 5) is 25.2. The van der Waals surface area contributed by atoms with E-state index in [4.69, 9.17) is 9.84 Å². The smallest absolute Gasteiger partial charge is 0.275 e. The molecule has 9 heteroatoms. The molecule has 3 atom stereocenters. The Kier molecular flexibility index (Phi) is 4.16. The molecule has 1 fully saturated rings. The lowest BCUT2D eigenvalue weighted by Crippen LogP contribution is -2.24. The SMILES string of the molecule is CN(C)C=Nc1cc2ncn([C@H]3C[C@H](O)[C@@H](CO)O3)c2c(=O)[nH]1. The second-order valence-corrected chi connectivity index (χ2v) is 5.69. The zero-order valence-electron chi connectivity index (χ0n) is 12.9. The number of aliphatic hydroxyl groups excluding tert-OH is 2. The lowest BCUT2D eigenvalue weighted by Gasteiger charge is -2.13. The van der Waals surface area contributed by atoms with Gasteiger partial charge in [0.2, 0.25) is 0 Å². The number of aliphatic imine (C=N–C) groups is 1. The molecule has 0 spiro atoms. The first-order valence-electron chi connectivity index (χ1n) is 7.24. The average molecular weight is 321 g/mol. The van der Waals surface area contributed by atoms with Crippen LogP contribution in [0.4, 0.5) is 5.82 Å². The zero-order valence-corrected chi connectivity index (χ0v) is 12.9. The van der Waals surface area contributed by atoms with E-state index in [-0.39, 0.29) is 18.6 Å². The first-order valence-corrected chi connectivity index (χ1v) is 7.24. The molecule has 3 N–H and O–H groups in total. The Bertz CT molecular complexity index is 781. The Hall–Kier alpha value is -2.23. The highest BCUT2D eigenvalue weighted by Crippen LogP contribution is 2.30. The monoisotopic (exact) mass is 321 g/mol. The minimum Gasteiger partial charge on any atom is -0.394 e. The summed E-state index contributed by atoms with van der Waals surface area (Å²) < 4.78 is 7.15. The number of H-pyrrole nitrogens is 1. The van der Waals surface area contributed by atoms with Gasteiger partial charge in [0, 0.05) is 26.6 Å². The number of hydrogen-bond acceptors (Lipinski definition) is 6. The predicted molar refractivity (Wildman–Crippen MR) is 83.8 cm³/mol. The number of fused-ring (bicyclic) bond motifs is 1. The highest BCUT2D eigenvalue weighted by molar-refractivity contribution is 5.77. The molecule has 2 aromatic rings. The molecule has 0 aromatic carbocycles. The van der Waals surface area contributed by atoms with E-state index >= 15 is 0 Å². The number of rotatable bonds is 4. The van der Waals surface area contributed by atoms with Gasteiger partial charge in [-0.3, -0.25) is 9.36 Å². The minimum absolute atomic E-state index is 0.274. The van der Waals surface area contributed by atoms with Crippen LogP contribution in [0.1, 0.15) is 12.6 Å². The van der Waals surface area contributed by atoms with Crippen LogP contribution in [0.5, 0.6) is 0 Å². The van der Waals surface area contributed by atoms with E-state index in [1.54, 1.807) is 21.9 Å². The van der Waals surface area contributed by atoms with Crippen molar-refractivity contribution in [2.24, 2.45) is 4.99 Å². The minimum atomic E-state index is -0.773. The quantitative estimate of drug-likeness (QED) is 0.520. The van der Waals surface area contributed by atoms with Crippen molar-refractivity contribution in [1.29, 1.82) is 0 Å². The molecule has 3 rings (SSSR count). The van der Waals surface area contributed by atoms with Crippen molar-refractivity contribution in [3.8, 4) is 0 Å². The fraction of sp³-hybridized carbons (Fsp3) is 0.500. The van der Waals surface area contributed by atoms with E-state index < -0.39 is 18.4 Å². The van der Waals surface area contributed by atoms with E-state index in [0.29, 0.717) is 16.9 Å². The van der Waals surface area contributed by atoms with Crippen LogP contribution in [0.25, 0.3) is 11.0 Å². The number of aromatic amines is 1. The molecular weight excluding hydrogens is 302 g/mol. The van der Waals surface area contributed by atoms with Gasteiger partial charge in [0.1, 0.15) is 23.7 Å². The number of nitrogens with one attached hydrogen (secondary N) is 1. The van der Waals surface area contributed by atoms with Crippen molar-refractivity contribution in [3.05, 3.63) is 22.7 Å². The Labute approximate surface area is 131 Å². The van der Waals surface area contributed by atoms with Crippen LogP contribution in [0, 0.1) is 0 Å². The molecule has 0 bridgehead atoms. The second-order valence-electron chi connectivity index (χ2n) is 5.69. The van der Waals surface area contributed by atoms with Gasteiger partial charge >= 0.3 is 0 Å². The highest BCUT2D eigenvalue weighted by Gasteiger charge is 2.35. The number of imidazole rings is 1. The first kappa shape index (κ1) is 15.7. The molecule has 1 saturated heterocycles. The number of ether oxygens (including phenoxy) is 1. The summed E-state index contributed by atoms with van der Waals surface area (Å²) in [6.07, 6.45) is 1.40. The van der Waals surface area contributed by atoms with Crippen LogP contribution < -0.4 is 5.56 Å². The van der Waals surface area contributed by atoms with E-state index in [2.05, 4.69) is 15.0 Å². The molecular formula is C14H19N5O4. The van der Waals surface area contributed by atoms with Crippen LogP contribution in [0.15, 0.2) is 22.2 Å². The van der Waals surface area contributed by atoms with Crippen molar-refractivity contribution in [2.45, 2.75) is 24.9 Å². The third-order valence-electron chi connectivity index (χ3n) is 3.67. The van der Waals surface area contributed by atoms with E-state index in [1.807, 2.05) is 14.1 Å². The van der Waals surface area contributed by atoms with Crippen molar-refractivity contribution in [2.75, 3.05) is 20.7 Å². The van der Waals surface area contributed by atoms with Crippen molar-refractivity contribution < 1.29 is 14.9 Å². The summed E-state index contributed by atoms with van der Waals surface area (Å²) in [6, 6.07) is 1.67. The Balaban J connectivity index is 1.97. The standard InChI is InChI=1S/C14H19N5O4/c1-18(2)6-16-11-3-8-13(14(22)17-11)19(7-15-8)12-4-9(21)10(5-20)23-12/h3,6-7,9-10,12,20-21H,4-5H2,1-2H3,(H,17,22)/t9-,10+,12+/m0/s1. The number of nitrogens with zero attached hydrogens (tertiary/aromatic N) is 4. The fourth-order valence-corrected chi connectivity index (χ4v) is 2.57. The molecule has 0 radical (unpaired) electrons. The lowest BCUT2D eigenvalue weighted by atomic mass is 10.2. The summed E-state index contributed by atoms with van der Waals surface area (Å²) in [5, 5.41) is 19.0. The first-order chi connectivity index (χ1) is 11.0.